The molecule has 1 spiro atoms. The summed E-state index contributed by atoms with van der Waals surface area (Å²) < 4.78 is 16.7. The molecule has 2 N–H and O–H groups in total. The Hall–Kier alpha value is -2.65. The Balaban J connectivity index is 1.63. The second-order valence-corrected chi connectivity index (χ2v) is 8.49. The van der Waals surface area contributed by atoms with Crippen LogP contribution < -0.4 is 10.1 Å². The number of nitrogens with zero attached hydrogens (tertiary/aromatic N) is 1. The molecule has 3 fully saturated rings. The Morgan fingerprint density at radius 1 is 1.28 bits per heavy atom. The highest BCUT2D eigenvalue weighted by Crippen LogP contribution is 2.58. The Morgan fingerprint density at radius 2 is 2.03 bits per heavy atom. The highest BCUT2D eigenvalue weighted by Gasteiger charge is 2.74. The van der Waals surface area contributed by atoms with Gasteiger partial charge in [-0.2, -0.15) is 0 Å². The summed E-state index contributed by atoms with van der Waals surface area (Å²) in [6.45, 7) is 2.26. The van der Waals surface area contributed by atoms with Crippen LogP contribution in [0.15, 0.2) is 24.3 Å². The topological polar surface area (TPSA) is 114 Å². The van der Waals surface area contributed by atoms with E-state index >= 15 is 0 Å². The van der Waals surface area contributed by atoms with Crippen LogP contribution >= 0.6 is 0 Å². The zero-order chi connectivity index (χ0) is 22.9. The number of rotatable bonds is 9. The van der Waals surface area contributed by atoms with E-state index in [0.717, 1.165) is 0 Å². The van der Waals surface area contributed by atoms with Crippen molar-refractivity contribution in [1.29, 1.82) is 0 Å². The number of methoxy groups -OCH3 is 1. The van der Waals surface area contributed by atoms with Crippen LogP contribution in [0.2, 0.25) is 0 Å². The van der Waals surface area contributed by atoms with Crippen molar-refractivity contribution >= 4 is 23.5 Å². The summed E-state index contributed by atoms with van der Waals surface area (Å²) in [7, 11) is 1.56. The first-order valence-electron chi connectivity index (χ1n) is 11.2. The molecule has 1 aromatic carbocycles. The van der Waals surface area contributed by atoms with Crippen molar-refractivity contribution in [2.45, 2.75) is 50.4 Å². The van der Waals surface area contributed by atoms with Gasteiger partial charge in [0.15, 0.2) is 0 Å². The summed E-state index contributed by atoms with van der Waals surface area (Å²) >= 11 is 0. The largest absolute Gasteiger partial charge is 0.497 e. The number of carbonyl (C=O) groups excluding carboxylic acids is 3. The molecule has 2 bridgehead atoms. The molecule has 3 saturated heterocycles. The first kappa shape index (κ1) is 22.5. The van der Waals surface area contributed by atoms with Gasteiger partial charge in [-0.05, 0) is 56.9 Å². The van der Waals surface area contributed by atoms with Crippen molar-refractivity contribution in [3.63, 3.8) is 0 Å². The van der Waals surface area contributed by atoms with Crippen molar-refractivity contribution < 1.29 is 33.7 Å². The number of ether oxygens (including phenoxy) is 3. The second-order valence-electron chi connectivity index (χ2n) is 8.49. The van der Waals surface area contributed by atoms with Crippen molar-refractivity contribution in [3.8, 4) is 5.75 Å². The standard InChI is InChI=1S/C23H30N2O7/c1-3-31-22(29)17-16-10-11-23(32-16)18(17)21(28)25(12-4-5-13-26)19(23)20(27)24-14-6-8-15(30-2)9-7-14/h6-9,16-19,26H,3-5,10-13H2,1-2H3,(H,24,27)/t16-,17+,18+,19-,23+/m0/s1. The van der Waals surface area contributed by atoms with Gasteiger partial charge in [0.05, 0.1) is 31.7 Å². The molecule has 0 aliphatic carbocycles. The van der Waals surface area contributed by atoms with Crippen LogP contribution in [0.5, 0.6) is 5.75 Å². The third-order valence-corrected chi connectivity index (χ3v) is 6.77. The fourth-order valence-electron chi connectivity index (χ4n) is 5.48. The van der Waals surface area contributed by atoms with E-state index in [0.29, 0.717) is 43.7 Å². The summed E-state index contributed by atoms with van der Waals surface area (Å²) in [4.78, 5) is 41.2. The van der Waals surface area contributed by atoms with Gasteiger partial charge in [0, 0.05) is 18.8 Å². The summed E-state index contributed by atoms with van der Waals surface area (Å²) in [6.07, 6.45) is 1.77. The van der Waals surface area contributed by atoms with Gasteiger partial charge in [-0.15, -0.1) is 0 Å². The van der Waals surface area contributed by atoms with Crippen LogP contribution in [-0.2, 0) is 23.9 Å². The number of anilines is 1. The SMILES string of the molecule is CCOC(=O)[C@@H]1[C@@H]2CC[C@]3(O2)[C@H](C(=O)Nc2ccc(OC)cc2)N(CCCCO)C(=O)[C@@H]13. The quantitative estimate of drug-likeness (QED) is 0.435. The minimum atomic E-state index is -1.05. The molecule has 2 amide bonds. The lowest BCUT2D eigenvalue weighted by molar-refractivity contribution is -0.154. The lowest BCUT2D eigenvalue weighted by Crippen LogP contribution is -2.53. The third-order valence-electron chi connectivity index (χ3n) is 6.77. The van der Waals surface area contributed by atoms with E-state index in [9.17, 15) is 19.5 Å². The molecule has 1 aromatic rings. The summed E-state index contributed by atoms with van der Waals surface area (Å²) in [5.74, 6) is -1.81. The number of carbonyl (C=O) groups is 3. The van der Waals surface area contributed by atoms with Crippen molar-refractivity contribution in [1.82, 2.24) is 4.90 Å². The number of aliphatic hydroxyl groups excluding tert-OH is 1. The summed E-state index contributed by atoms with van der Waals surface area (Å²) in [5, 5.41) is 12.1. The zero-order valence-corrected chi connectivity index (χ0v) is 18.4. The molecule has 0 radical (unpaired) electrons. The minimum absolute atomic E-state index is 0.00331. The van der Waals surface area contributed by atoms with Gasteiger partial charge in [-0.3, -0.25) is 14.4 Å². The van der Waals surface area contributed by atoms with Crippen molar-refractivity contribution in [2.75, 3.05) is 32.2 Å². The molecule has 3 aliphatic rings. The highest BCUT2D eigenvalue weighted by atomic mass is 16.6. The number of likely N-dealkylation sites (tertiary alicyclic amines) is 1. The number of hydrogen-bond donors (Lipinski definition) is 2. The summed E-state index contributed by atoms with van der Waals surface area (Å²) in [5.41, 5.74) is -0.470. The Bertz CT molecular complexity index is 874. The van der Waals surface area contributed by atoms with E-state index in [1.54, 1.807) is 38.3 Å². The zero-order valence-electron chi connectivity index (χ0n) is 18.4. The van der Waals surface area contributed by atoms with E-state index in [2.05, 4.69) is 5.32 Å². The van der Waals surface area contributed by atoms with Gasteiger partial charge in [0.2, 0.25) is 11.8 Å². The molecule has 0 unspecified atom stereocenters. The van der Waals surface area contributed by atoms with Gasteiger partial charge in [0.1, 0.15) is 17.4 Å². The van der Waals surface area contributed by atoms with E-state index in [1.165, 1.54) is 4.90 Å². The van der Waals surface area contributed by atoms with Crippen molar-refractivity contribution in [2.24, 2.45) is 11.8 Å². The number of esters is 1. The van der Waals surface area contributed by atoms with Crippen LogP contribution in [0.25, 0.3) is 0 Å². The van der Waals surface area contributed by atoms with E-state index in [4.69, 9.17) is 14.2 Å². The maximum absolute atomic E-state index is 13.5. The van der Waals surface area contributed by atoms with Crippen LogP contribution in [-0.4, -0.2) is 72.4 Å². The molecular weight excluding hydrogens is 416 g/mol. The van der Waals surface area contributed by atoms with Gasteiger partial charge in [-0.1, -0.05) is 0 Å². The van der Waals surface area contributed by atoms with Crippen LogP contribution in [0, 0.1) is 11.8 Å². The fourth-order valence-corrected chi connectivity index (χ4v) is 5.48. The Kier molecular flexibility index (Phi) is 6.39. The Labute approximate surface area is 187 Å². The third kappa shape index (κ3) is 3.63. The number of hydrogen-bond acceptors (Lipinski definition) is 7. The average Bonchev–Trinajstić information content (AvgIpc) is 3.42. The first-order valence-corrected chi connectivity index (χ1v) is 11.2. The molecule has 9 heteroatoms. The van der Waals surface area contributed by atoms with Gasteiger partial charge in [0.25, 0.3) is 0 Å². The lowest BCUT2D eigenvalue weighted by atomic mass is 9.71. The number of amides is 2. The van der Waals surface area contributed by atoms with Gasteiger partial charge in [-0.25, -0.2) is 0 Å². The molecule has 3 aliphatic heterocycles. The van der Waals surface area contributed by atoms with E-state index in [1.807, 2.05) is 0 Å². The summed E-state index contributed by atoms with van der Waals surface area (Å²) in [6, 6.07) is 6.08. The first-order chi connectivity index (χ1) is 15.5. The number of nitrogens with one attached hydrogen (secondary N) is 1. The lowest BCUT2D eigenvalue weighted by Gasteiger charge is -2.33. The smallest absolute Gasteiger partial charge is 0.312 e. The van der Waals surface area contributed by atoms with Crippen LogP contribution in [0.4, 0.5) is 5.69 Å². The molecule has 3 heterocycles. The monoisotopic (exact) mass is 446 g/mol. The van der Waals surface area contributed by atoms with E-state index in [-0.39, 0.29) is 25.0 Å². The van der Waals surface area contributed by atoms with Crippen LogP contribution in [0.1, 0.15) is 32.6 Å². The van der Waals surface area contributed by atoms with E-state index < -0.39 is 35.6 Å². The number of benzene rings is 1. The molecule has 5 atom stereocenters. The average molecular weight is 447 g/mol. The minimum Gasteiger partial charge on any atom is -0.497 e. The van der Waals surface area contributed by atoms with Crippen LogP contribution in [0.3, 0.4) is 0 Å². The van der Waals surface area contributed by atoms with Crippen molar-refractivity contribution in [3.05, 3.63) is 24.3 Å². The van der Waals surface area contributed by atoms with Gasteiger partial charge >= 0.3 is 5.97 Å². The molecular formula is C23H30N2O7. The maximum atomic E-state index is 13.5. The fraction of sp³-hybridized carbons (Fsp3) is 0.609. The number of aliphatic hydroxyl groups is 1. The highest BCUT2D eigenvalue weighted by molar-refractivity contribution is 6.03. The molecule has 0 aromatic heterocycles. The second kappa shape index (κ2) is 9.07. The predicted octanol–water partition coefficient (Wildman–Crippen LogP) is 1.34. The Morgan fingerprint density at radius 3 is 2.69 bits per heavy atom. The normalized spacial score (nSPS) is 30.3. The predicted molar refractivity (Wildman–Crippen MR) is 114 cm³/mol. The number of fused-ring (bicyclic) bond motifs is 1. The molecule has 32 heavy (non-hydrogen) atoms. The molecule has 9 nitrogen and oxygen atoms in total. The molecule has 0 saturated carbocycles. The molecule has 4 rings (SSSR count). The van der Waals surface area contributed by atoms with Gasteiger partial charge < -0.3 is 29.5 Å². The maximum Gasteiger partial charge on any atom is 0.312 e. The number of unbranched alkanes of at least 4 members (excludes halogenated alkanes) is 1. The molecule has 174 valence electrons.